The topological polar surface area (TPSA) is 216 Å². The molecule has 2 aliphatic heterocycles. The predicted octanol–water partition coefficient (Wildman–Crippen LogP) is -3.43. The fourth-order valence-corrected chi connectivity index (χ4v) is 3.58. The molecule has 2 aliphatic rings. The Morgan fingerprint density at radius 3 is 2.26 bits per heavy atom. The molecule has 2 saturated heterocycles. The molecule has 1 aromatic carbocycles. The van der Waals surface area contributed by atoms with Gasteiger partial charge in [0.25, 0.3) is 0 Å². The summed E-state index contributed by atoms with van der Waals surface area (Å²) in [6.45, 7) is -2.32. The van der Waals surface area contributed by atoms with E-state index in [1.54, 1.807) is 12.1 Å². The van der Waals surface area contributed by atoms with Crippen LogP contribution >= 0.6 is 0 Å². The summed E-state index contributed by atoms with van der Waals surface area (Å²) in [7, 11) is 0. The predicted molar refractivity (Wildman–Crippen MR) is 110 cm³/mol. The van der Waals surface area contributed by atoms with Crippen LogP contribution in [0.4, 0.5) is 0 Å². The van der Waals surface area contributed by atoms with Crippen molar-refractivity contribution in [1.29, 1.82) is 0 Å². The lowest BCUT2D eigenvalue weighted by molar-refractivity contribution is -0.383. The molecule has 8 N–H and O–H groups in total. The van der Waals surface area contributed by atoms with Crippen molar-refractivity contribution in [3.8, 4) is 5.75 Å². The Balaban J connectivity index is 1.62. The molecule has 2 fully saturated rings. The Labute approximate surface area is 193 Å². The number of hydrogen-bond acceptors (Lipinski definition) is 13. The van der Waals surface area contributed by atoms with E-state index in [4.69, 9.17) is 18.9 Å². The molecule has 9 atom stereocenters. The van der Waals surface area contributed by atoms with Crippen LogP contribution < -0.4 is 0 Å². The van der Waals surface area contributed by atoms with Gasteiger partial charge in [0, 0.05) is 6.08 Å². The van der Waals surface area contributed by atoms with Crippen LogP contribution in [0.3, 0.4) is 0 Å². The van der Waals surface area contributed by atoms with Crippen molar-refractivity contribution in [3.05, 3.63) is 35.9 Å². The molecule has 13 nitrogen and oxygen atoms in total. The van der Waals surface area contributed by atoms with E-state index >= 15 is 0 Å². The molecule has 0 bridgehead atoms. The van der Waals surface area contributed by atoms with Crippen molar-refractivity contribution in [2.24, 2.45) is 0 Å². The van der Waals surface area contributed by atoms with Crippen LogP contribution in [0.5, 0.6) is 5.75 Å². The number of aromatic hydroxyl groups is 1. The van der Waals surface area contributed by atoms with Gasteiger partial charge in [0.2, 0.25) is 5.79 Å². The third-order valence-corrected chi connectivity index (χ3v) is 5.59. The van der Waals surface area contributed by atoms with Gasteiger partial charge in [-0.1, -0.05) is 12.1 Å². The quantitative estimate of drug-likeness (QED) is 0.132. The van der Waals surface area contributed by atoms with Gasteiger partial charge in [-0.2, -0.15) is 0 Å². The number of esters is 1. The van der Waals surface area contributed by atoms with Crippen LogP contribution in [0.15, 0.2) is 30.3 Å². The Kier molecular flexibility index (Phi) is 8.59. The highest BCUT2D eigenvalue weighted by Crippen LogP contribution is 2.36. The van der Waals surface area contributed by atoms with Gasteiger partial charge in [-0.25, -0.2) is 4.79 Å². The van der Waals surface area contributed by atoms with E-state index in [-0.39, 0.29) is 5.75 Å². The first-order chi connectivity index (χ1) is 16.1. The van der Waals surface area contributed by atoms with Gasteiger partial charge in [0.05, 0.1) is 6.61 Å². The summed E-state index contributed by atoms with van der Waals surface area (Å²) in [5.74, 6) is -3.09. The number of phenolic OH excluding ortho intramolecular Hbond substituents is 1. The van der Waals surface area contributed by atoms with Gasteiger partial charge in [-0.15, -0.1) is 0 Å². The fourth-order valence-electron chi connectivity index (χ4n) is 3.58. The second kappa shape index (κ2) is 11.0. The van der Waals surface area contributed by atoms with Crippen molar-refractivity contribution in [2.45, 2.75) is 54.8 Å². The molecular formula is C21H28O13. The lowest BCUT2D eigenvalue weighted by Crippen LogP contribution is -2.62. The first-order valence-corrected chi connectivity index (χ1v) is 10.4. The summed E-state index contributed by atoms with van der Waals surface area (Å²) in [5, 5.41) is 79.0. The van der Waals surface area contributed by atoms with Crippen LogP contribution in [-0.2, 0) is 23.7 Å². The molecule has 0 aromatic heterocycles. The summed E-state index contributed by atoms with van der Waals surface area (Å²) >= 11 is 0. The van der Waals surface area contributed by atoms with Crippen molar-refractivity contribution in [1.82, 2.24) is 0 Å². The maximum Gasteiger partial charge on any atom is 0.330 e. The highest BCUT2D eigenvalue weighted by atomic mass is 16.8. The maximum absolute atomic E-state index is 12.0. The minimum Gasteiger partial charge on any atom is -0.508 e. The average molecular weight is 488 g/mol. The number of rotatable bonds is 8. The Morgan fingerprint density at radius 1 is 0.971 bits per heavy atom. The average Bonchev–Trinajstić information content (AvgIpc) is 3.07. The van der Waals surface area contributed by atoms with Crippen molar-refractivity contribution >= 4 is 12.0 Å². The van der Waals surface area contributed by atoms with E-state index in [1.165, 1.54) is 18.2 Å². The van der Waals surface area contributed by atoms with E-state index in [9.17, 15) is 45.6 Å². The molecule has 0 unspecified atom stereocenters. The first-order valence-electron chi connectivity index (χ1n) is 10.4. The molecule has 3 rings (SSSR count). The molecule has 0 radical (unpaired) electrons. The fraction of sp³-hybridized carbons (Fsp3) is 0.571. The SMILES string of the molecule is O=C(/C=C/c1ccc(O)cc1)OC[C@@H]1O[C@](CO)(O[C@H]2O[C@H](CO)[C@@H](O)[C@H](O)[C@H]2O)[C@@H](O)[C@@H]1O. The smallest absolute Gasteiger partial charge is 0.330 e. The third-order valence-electron chi connectivity index (χ3n) is 5.59. The van der Waals surface area contributed by atoms with Crippen LogP contribution in [-0.4, -0.2) is 121 Å². The highest BCUT2D eigenvalue weighted by molar-refractivity contribution is 5.87. The Hall–Kier alpha value is -2.17. The molecule has 34 heavy (non-hydrogen) atoms. The number of carbonyl (C=O) groups excluding carboxylic acids is 1. The minimum atomic E-state index is -2.34. The van der Waals surface area contributed by atoms with E-state index in [1.807, 2.05) is 0 Å². The molecule has 190 valence electrons. The number of ether oxygens (including phenoxy) is 4. The van der Waals surface area contributed by atoms with Crippen LogP contribution in [0.2, 0.25) is 0 Å². The Morgan fingerprint density at radius 2 is 1.65 bits per heavy atom. The third kappa shape index (κ3) is 5.55. The molecular weight excluding hydrogens is 460 g/mol. The summed E-state index contributed by atoms with van der Waals surface area (Å²) in [6.07, 6.45) is -10.8. The van der Waals surface area contributed by atoms with Gasteiger partial charge < -0.3 is 59.8 Å². The van der Waals surface area contributed by atoms with Crippen molar-refractivity contribution in [3.63, 3.8) is 0 Å². The number of benzene rings is 1. The molecule has 13 heteroatoms. The van der Waals surface area contributed by atoms with Gasteiger partial charge in [-0.05, 0) is 23.8 Å². The van der Waals surface area contributed by atoms with Gasteiger partial charge >= 0.3 is 5.97 Å². The van der Waals surface area contributed by atoms with Gasteiger partial charge in [0.1, 0.15) is 61.7 Å². The van der Waals surface area contributed by atoms with Crippen LogP contribution in [0, 0.1) is 0 Å². The first kappa shape index (κ1) is 26.4. The second-order valence-corrected chi connectivity index (χ2v) is 7.93. The number of aliphatic hydroxyl groups is 7. The Bertz CT molecular complexity index is 844. The zero-order valence-corrected chi connectivity index (χ0v) is 17.8. The maximum atomic E-state index is 12.0. The molecule has 0 saturated carbocycles. The zero-order chi connectivity index (χ0) is 25.0. The number of carbonyl (C=O) groups is 1. The second-order valence-electron chi connectivity index (χ2n) is 7.93. The monoisotopic (exact) mass is 488 g/mol. The molecule has 0 amide bonds. The van der Waals surface area contributed by atoms with Crippen molar-refractivity contribution in [2.75, 3.05) is 19.8 Å². The molecule has 2 heterocycles. The molecule has 0 spiro atoms. The molecule has 0 aliphatic carbocycles. The van der Waals surface area contributed by atoms with Crippen LogP contribution in [0.1, 0.15) is 5.56 Å². The number of phenols is 1. The summed E-state index contributed by atoms with van der Waals surface area (Å²) in [6, 6.07) is 5.98. The van der Waals surface area contributed by atoms with Crippen molar-refractivity contribution < 1.29 is 64.6 Å². The standard InChI is InChI=1S/C21H28O13/c22-7-12-15(26)17(28)18(29)20(32-12)34-21(9-23)19(30)16(27)13(33-21)8-31-14(25)6-3-10-1-4-11(24)5-2-10/h1-6,12-13,15-20,22-24,26-30H,7-9H2/b6-3+/t12-,13+,15-,16-,17+,18-,19+,20-,21-/m1/s1. The van der Waals surface area contributed by atoms with Gasteiger partial charge in [-0.3, -0.25) is 0 Å². The van der Waals surface area contributed by atoms with Gasteiger partial charge in [0.15, 0.2) is 6.29 Å². The van der Waals surface area contributed by atoms with E-state index in [2.05, 4.69) is 0 Å². The zero-order valence-electron chi connectivity index (χ0n) is 17.8. The lowest BCUT2D eigenvalue weighted by Gasteiger charge is -2.43. The normalized spacial score (nSPS) is 38.3. The van der Waals surface area contributed by atoms with Crippen LogP contribution in [0.25, 0.3) is 6.08 Å². The summed E-state index contributed by atoms with van der Waals surface area (Å²) < 4.78 is 21.0. The molecule has 1 aromatic rings. The largest absolute Gasteiger partial charge is 0.508 e. The summed E-state index contributed by atoms with van der Waals surface area (Å²) in [4.78, 5) is 12.0. The lowest BCUT2D eigenvalue weighted by atomic mass is 9.99. The van der Waals surface area contributed by atoms with E-state index < -0.39 is 80.6 Å². The summed E-state index contributed by atoms with van der Waals surface area (Å²) in [5.41, 5.74) is 0.606. The minimum absolute atomic E-state index is 0.0592. The number of aliphatic hydroxyl groups excluding tert-OH is 7. The highest BCUT2D eigenvalue weighted by Gasteiger charge is 2.58. The number of hydrogen-bond donors (Lipinski definition) is 8. The van der Waals surface area contributed by atoms with E-state index in [0.717, 1.165) is 6.08 Å². The van der Waals surface area contributed by atoms with E-state index in [0.29, 0.717) is 5.56 Å².